The van der Waals surface area contributed by atoms with Gasteiger partial charge in [0.1, 0.15) is 5.76 Å². The molecule has 0 saturated heterocycles. The summed E-state index contributed by atoms with van der Waals surface area (Å²) >= 11 is 2.72. The minimum atomic E-state index is -0.152. The van der Waals surface area contributed by atoms with Gasteiger partial charge in [-0.15, -0.1) is 22.0 Å². The molecule has 0 aliphatic rings. The molecule has 0 atom stereocenters. The first kappa shape index (κ1) is 22.7. The lowest BCUT2D eigenvalue weighted by atomic mass is 10.2. The summed E-state index contributed by atoms with van der Waals surface area (Å²) < 4.78 is 7.46. The number of carbonyl (C=O) groups excluding carboxylic acids is 1. The highest BCUT2D eigenvalue weighted by Gasteiger charge is 2.19. The Kier molecular flexibility index (Phi) is 7.50. The van der Waals surface area contributed by atoms with Crippen LogP contribution < -0.4 is 5.32 Å². The smallest absolute Gasteiger partial charge is 0.234 e. The zero-order valence-corrected chi connectivity index (χ0v) is 19.5. The zero-order valence-electron chi connectivity index (χ0n) is 17.9. The molecule has 0 saturated carbocycles. The number of para-hydroxylation sites is 1. The van der Waals surface area contributed by atoms with E-state index in [1.54, 1.807) is 6.26 Å². The van der Waals surface area contributed by atoms with Crippen molar-refractivity contribution >= 4 is 35.1 Å². The van der Waals surface area contributed by atoms with E-state index in [-0.39, 0.29) is 11.7 Å². The molecular formula is C24H21N5O2S2. The van der Waals surface area contributed by atoms with Gasteiger partial charge >= 0.3 is 0 Å². The highest BCUT2D eigenvalue weighted by atomic mass is 32.2. The summed E-state index contributed by atoms with van der Waals surface area (Å²) in [6.07, 6.45) is 1.63. The van der Waals surface area contributed by atoms with Crippen LogP contribution in [0.2, 0.25) is 0 Å². The Morgan fingerprint density at radius 1 is 1.09 bits per heavy atom. The maximum Gasteiger partial charge on any atom is 0.234 e. The fourth-order valence-electron chi connectivity index (χ4n) is 3.24. The molecule has 0 aliphatic carbocycles. The van der Waals surface area contributed by atoms with Crippen LogP contribution >= 0.6 is 23.5 Å². The third-order valence-electron chi connectivity index (χ3n) is 4.79. The van der Waals surface area contributed by atoms with Gasteiger partial charge in [0.05, 0.1) is 41.6 Å². The van der Waals surface area contributed by atoms with Gasteiger partial charge in [-0.25, -0.2) is 0 Å². The van der Waals surface area contributed by atoms with Gasteiger partial charge in [-0.3, -0.25) is 9.36 Å². The number of nitrogens with zero attached hydrogens (tertiary/aromatic N) is 4. The van der Waals surface area contributed by atoms with E-state index in [2.05, 4.69) is 21.6 Å². The number of amides is 1. The number of carbonyl (C=O) groups is 1. The standard InChI is InChI=1S/C24H21N5O2S2/c1-17-19(11-13-31-17)23-27-28-24(29(23)15-18-7-3-2-4-8-18)33-16-22(30)26-20-9-5-6-10-21(20)32-14-12-25/h2-11,13H,14-16H2,1H3,(H,26,30). The minimum absolute atomic E-state index is 0.152. The lowest BCUT2D eigenvalue weighted by Crippen LogP contribution is -2.15. The number of aryl methyl sites for hydroxylation is 1. The number of anilines is 1. The molecule has 7 nitrogen and oxygen atoms in total. The van der Waals surface area contributed by atoms with Crippen molar-refractivity contribution in [2.75, 3.05) is 16.8 Å². The van der Waals surface area contributed by atoms with Gasteiger partial charge in [0.25, 0.3) is 0 Å². The molecule has 2 heterocycles. The Morgan fingerprint density at radius 2 is 1.88 bits per heavy atom. The summed E-state index contributed by atoms with van der Waals surface area (Å²) in [4.78, 5) is 13.6. The maximum absolute atomic E-state index is 12.7. The van der Waals surface area contributed by atoms with Gasteiger partial charge in [-0.05, 0) is 30.7 Å². The van der Waals surface area contributed by atoms with Gasteiger partial charge < -0.3 is 9.73 Å². The summed E-state index contributed by atoms with van der Waals surface area (Å²) in [5.41, 5.74) is 2.68. The Bertz CT molecular complexity index is 1280. The van der Waals surface area contributed by atoms with E-state index >= 15 is 0 Å². The first-order chi connectivity index (χ1) is 16.2. The van der Waals surface area contributed by atoms with Crippen LogP contribution in [-0.4, -0.2) is 32.2 Å². The highest BCUT2D eigenvalue weighted by molar-refractivity contribution is 8.00. The molecule has 166 valence electrons. The quantitative estimate of drug-likeness (QED) is 0.331. The van der Waals surface area contributed by atoms with Gasteiger partial charge in [-0.1, -0.05) is 54.2 Å². The van der Waals surface area contributed by atoms with Crippen molar-refractivity contribution < 1.29 is 9.21 Å². The normalized spacial score (nSPS) is 10.7. The van der Waals surface area contributed by atoms with Crippen molar-refractivity contribution in [3.05, 3.63) is 78.3 Å². The summed E-state index contributed by atoms with van der Waals surface area (Å²) in [7, 11) is 0. The molecule has 0 aliphatic heterocycles. The van der Waals surface area contributed by atoms with E-state index in [1.165, 1.54) is 23.5 Å². The summed E-state index contributed by atoms with van der Waals surface area (Å²) in [6.45, 7) is 2.46. The van der Waals surface area contributed by atoms with Crippen LogP contribution in [0, 0.1) is 18.3 Å². The average Bonchev–Trinajstić information content (AvgIpc) is 3.43. The molecule has 2 aromatic carbocycles. The number of thioether (sulfide) groups is 2. The molecule has 0 radical (unpaired) electrons. The van der Waals surface area contributed by atoms with Crippen LogP contribution in [0.1, 0.15) is 11.3 Å². The predicted octanol–water partition coefficient (Wildman–Crippen LogP) is 5.24. The number of furan rings is 1. The number of rotatable bonds is 9. The van der Waals surface area contributed by atoms with E-state index in [1.807, 2.05) is 72.2 Å². The van der Waals surface area contributed by atoms with Crippen molar-refractivity contribution in [1.82, 2.24) is 14.8 Å². The minimum Gasteiger partial charge on any atom is -0.469 e. The second kappa shape index (κ2) is 10.9. The van der Waals surface area contributed by atoms with Crippen LogP contribution in [0.3, 0.4) is 0 Å². The van der Waals surface area contributed by atoms with Gasteiger partial charge in [-0.2, -0.15) is 5.26 Å². The maximum atomic E-state index is 12.7. The molecule has 0 unspecified atom stereocenters. The number of nitriles is 1. The summed E-state index contributed by atoms with van der Waals surface area (Å²) in [5, 5.41) is 21.2. The van der Waals surface area contributed by atoms with Crippen LogP contribution in [0.4, 0.5) is 5.69 Å². The van der Waals surface area contributed by atoms with E-state index < -0.39 is 0 Å². The predicted molar refractivity (Wildman–Crippen MR) is 130 cm³/mol. The Labute approximate surface area is 200 Å². The van der Waals surface area contributed by atoms with Gasteiger partial charge in [0.2, 0.25) is 5.91 Å². The van der Waals surface area contributed by atoms with Crippen LogP contribution in [0.15, 0.2) is 81.4 Å². The molecule has 0 fully saturated rings. The van der Waals surface area contributed by atoms with Gasteiger partial charge in [0, 0.05) is 4.90 Å². The summed E-state index contributed by atoms with van der Waals surface area (Å²) in [6, 6.07) is 21.5. The number of hydrogen-bond donors (Lipinski definition) is 1. The lowest BCUT2D eigenvalue weighted by molar-refractivity contribution is -0.113. The number of benzene rings is 2. The fourth-order valence-corrected chi connectivity index (χ4v) is 4.65. The number of hydrogen-bond acceptors (Lipinski definition) is 7. The second-order valence-electron chi connectivity index (χ2n) is 7.05. The first-order valence-electron chi connectivity index (χ1n) is 10.2. The molecule has 1 N–H and O–H groups in total. The van der Waals surface area contributed by atoms with Gasteiger partial charge in [0.15, 0.2) is 11.0 Å². The average molecular weight is 476 g/mol. The molecule has 2 aromatic heterocycles. The van der Waals surface area contributed by atoms with Crippen LogP contribution in [0.25, 0.3) is 11.4 Å². The Balaban J connectivity index is 1.51. The van der Waals surface area contributed by atoms with E-state index in [0.29, 0.717) is 29.0 Å². The Hall–Kier alpha value is -3.48. The highest BCUT2D eigenvalue weighted by Crippen LogP contribution is 2.29. The van der Waals surface area contributed by atoms with E-state index in [9.17, 15) is 4.79 Å². The zero-order chi connectivity index (χ0) is 23.0. The van der Waals surface area contributed by atoms with E-state index in [4.69, 9.17) is 9.68 Å². The lowest BCUT2D eigenvalue weighted by Gasteiger charge is -2.11. The third-order valence-corrected chi connectivity index (χ3v) is 6.69. The molecule has 9 heteroatoms. The Morgan fingerprint density at radius 3 is 2.64 bits per heavy atom. The van der Waals surface area contributed by atoms with Crippen molar-refractivity contribution in [2.45, 2.75) is 23.5 Å². The third kappa shape index (κ3) is 5.66. The fraction of sp³-hybridized carbons (Fsp3) is 0.167. The van der Waals surface area contributed by atoms with Crippen molar-refractivity contribution in [3.8, 4) is 17.5 Å². The second-order valence-corrected chi connectivity index (χ2v) is 9.01. The molecule has 0 spiro atoms. The molecular weight excluding hydrogens is 454 g/mol. The van der Waals surface area contributed by atoms with Crippen LogP contribution in [-0.2, 0) is 11.3 Å². The molecule has 1 amide bonds. The molecule has 0 bridgehead atoms. The molecule has 4 aromatic rings. The monoisotopic (exact) mass is 475 g/mol. The van der Waals surface area contributed by atoms with Crippen molar-refractivity contribution in [1.29, 1.82) is 5.26 Å². The topological polar surface area (TPSA) is 96.7 Å². The van der Waals surface area contributed by atoms with Crippen molar-refractivity contribution in [3.63, 3.8) is 0 Å². The number of aromatic nitrogens is 3. The molecule has 4 rings (SSSR count). The summed E-state index contributed by atoms with van der Waals surface area (Å²) in [5.74, 6) is 1.80. The number of nitrogens with one attached hydrogen (secondary N) is 1. The van der Waals surface area contributed by atoms with Crippen LogP contribution in [0.5, 0.6) is 0 Å². The van der Waals surface area contributed by atoms with E-state index in [0.717, 1.165) is 21.8 Å². The largest absolute Gasteiger partial charge is 0.469 e. The first-order valence-corrected chi connectivity index (χ1v) is 12.2. The SMILES string of the molecule is Cc1occc1-c1nnc(SCC(=O)Nc2ccccc2SCC#N)n1Cc1ccccc1. The van der Waals surface area contributed by atoms with Crippen molar-refractivity contribution in [2.24, 2.45) is 0 Å². The molecule has 33 heavy (non-hydrogen) atoms.